The number of carbonyl (C=O) groups is 1. The minimum Gasteiger partial charge on any atom is -0.389 e. The van der Waals surface area contributed by atoms with Crippen molar-refractivity contribution in [2.75, 3.05) is 25.0 Å². The van der Waals surface area contributed by atoms with Crippen molar-refractivity contribution in [3.05, 3.63) is 57.4 Å². The lowest BCUT2D eigenvalue weighted by Crippen LogP contribution is -2.46. The van der Waals surface area contributed by atoms with Crippen molar-refractivity contribution in [3.63, 3.8) is 0 Å². The molecule has 3 N–H and O–H groups in total. The van der Waals surface area contributed by atoms with Crippen molar-refractivity contribution in [2.24, 2.45) is 0 Å². The molecule has 1 fully saturated rings. The third-order valence-electron chi connectivity index (χ3n) is 6.04. The Morgan fingerprint density at radius 3 is 2.71 bits per heavy atom. The van der Waals surface area contributed by atoms with E-state index in [2.05, 4.69) is 25.3 Å². The highest BCUT2D eigenvalue weighted by atomic mass is 16.3. The summed E-state index contributed by atoms with van der Waals surface area (Å²) >= 11 is 0. The van der Waals surface area contributed by atoms with Gasteiger partial charge in [0.2, 0.25) is 0 Å². The molecule has 164 valence electrons. The first-order chi connectivity index (χ1) is 14.8. The molecule has 9 heteroatoms. The number of H-pyrrole nitrogens is 1. The number of rotatable bonds is 5. The van der Waals surface area contributed by atoms with Crippen molar-refractivity contribution in [3.8, 4) is 0 Å². The number of nitrogens with one attached hydrogen (secondary N) is 2. The Morgan fingerprint density at radius 1 is 1.32 bits per heavy atom. The van der Waals surface area contributed by atoms with E-state index < -0.39 is 5.60 Å². The highest BCUT2D eigenvalue weighted by molar-refractivity contribution is 5.92. The van der Waals surface area contributed by atoms with E-state index in [0.717, 1.165) is 17.1 Å². The first kappa shape index (κ1) is 21.0. The number of aliphatic hydroxyl groups is 1. The number of aryl methyl sites for hydroxylation is 2. The van der Waals surface area contributed by atoms with Gasteiger partial charge in [-0.1, -0.05) is 6.92 Å². The fraction of sp³-hybridized carbons (Fsp3) is 0.455. The van der Waals surface area contributed by atoms with Crippen LogP contribution in [-0.4, -0.2) is 56.3 Å². The molecule has 0 spiro atoms. The van der Waals surface area contributed by atoms with E-state index >= 15 is 0 Å². The topological polar surface area (TPSA) is 116 Å². The van der Waals surface area contributed by atoms with Crippen molar-refractivity contribution >= 4 is 17.2 Å². The van der Waals surface area contributed by atoms with Gasteiger partial charge >= 0.3 is 0 Å². The summed E-state index contributed by atoms with van der Waals surface area (Å²) in [7, 11) is 1.59. The van der Waals surface area contributed by atoms with Gasteiger partial charge < -0.3 is 20.3 Å². The van der Waals surface area contributed by atoms with Gasteiger partial charge in [0.15, 0.2) is 0 Å². The average Bonchev–Trinajstić information content (AvgIpc) is 3.13. The van der Waals surface area contributed by atoms with Gasteiger partial charge in [-0.3, -0.25) is 9.59 Å². The first-order valence-electron chi connectivity index (χ1n) is 10.6. The van der Waals surface area contributed by atoms with Gasteiger partial charge in [-0.05, 0) is 38.3 Å². The Kier molecular flexibility index (Phi) is 5.53. The normalized spacial score (nSPS) is 15.9. The van der Waals surface area contributed by atoms with Gasteiger partial charge in [0.1, 0.15) is 11.3 Å². The number of anilines is 1. The fourth-order valence-corrected chi connectivity index (χ4v) is 4.20. The van der Waals surface area contributed by atoms with Gasteiger partial charge in [-0.25, -0.2) is 9.50 Å². The van der Waals surface area contributed by atoms with Crippen LogP contribution in [0.5, 0.6) is 0 Å². The Morgan fingerprint density at radius 2 is 2.06 bits per heavy atom. The third kappa shape index (κ3) is 4.18. The summed E-state index contributed by atoms with van der Waals surface area (Å²) in [5.74, 6) is -0.206. The molecule has 3 aromatic heterocycles. The fourth-order valence-electron chi connectivity index (χ4n) is 4.20. The quantitative estimate of drug-likeness (QED) is 0.567. The maximum atomic E-state index is 12.0. The second-order valence-corrected chi connectivity index (χ2v) is 8.20. The summed E-state index contributed by atoms with van der Waals surface area (Å²) in [6.07, 6.45) is 4.00. The number of hydrogen-bond donors (Lipinski definition) is 3. The van der Waals surface area contributed by atoms with Gasteiger partial charge in [-0.2, -0.15) is 5.10 Å². The van der Waals surface area contributed by atoms with Crippen LogP contribution in [0, 0.1) is 6.92 Å². The Balaban J connectivity index is 1.46. The molecule has 1 amide bonds. The van der Waals surface area contributed by atoms with Crippen LogP contribution < -0.4 is 15.8 Å². The maximum Gasteiger partial charge on any atom is 0.269 e. The minimum absolute atomic E-state index is 0.0973. The highest BCUT2D eigenvalue weighted by Crippen LogP contribution is 2.30. The Hall–Kier alpha value is -3.20. The molecule has 4 heterocycles. The number of fused-ring (bicyclic) bond motifs is 1. The highest BCUT2D eigenvalue weighted by Gasteiger charge is 2.34. The van der Waals surface area contributed by atoms with Crippen molar-refractivity contribution in [1.82, 2.24) is 24.9 Å². The standard InChI is InChI=1S/C22H28N6O3/c1-4-15-13-28-19(25-20(15)29)11-16(26-28)12-22(31)7-9-27(10-8-22)18-6-5-17(21(30)23-3)24-14(18)2/h5-6,11,13,31H,4,7-10,12H2,1-3H3,(H,23,30)(H,25,29). The molecule has 0 aliphatic carbocycles. The van der Waals surface area contributed by atoms with Crippen LogP contribution in [0.25, 0.3) is 5.65 Å². The van der Waals surface area contributed by atoms with Crippen LogP contribution in [-0.2, 0) is 12.8 Å². The Labute approximate surface area is 180 Å². The lowest BCUT2D eigenvalue weighted by Gasteiger charge is -2.39. The largest absolute Gasteiger partial charge is 0.389 e. The molecule has 0 aromatic carbocycles. The van der Waals surface area contributed by atoms with Gasteiger partial charge in [0.05, 0.1) is 22.7 Å². The number of amides is 1. The molecule has 31 heavy (non-hydrogen) atoms. The molecule has 1 aliphatic heterocycles. The monoisotopic (exact) mass is 424 g/mol. The lowest BCUT2D eigenvalue weighted by atomic mass is 9.87. The zero-order valence-corrected chi connectivity index (χ0v) is 18.1. The van der Waals surface area contributed by atoms with E-state index in [9.17, 15) is 14.7 Å². The maximum absolute atomic E-state index is 12.0. The third-order valence-corrected chi connectivity index (χ3v) is 6.04. The van der Waals surface area contributed by atoms with E-state index in [1.807, 2.05) is 26.0 Å². The van der Waals surface area contributed by atoms with Crippen molar-refractivity contribution in [1.29, 1.82) is 0 Å². The first-order valence-corrected chi connectivity index (χ1v) is 10.6. The van der Waals surface area contributed by atoms with Gasteiger partial charge in [0.25, 0.3) is 11.5 Å². The molecule has 4 rings (SSSR count). The van der Waals surface area contributed by atoms with Crippen LogP contribution in [0.3, 0.4) is 0 Å². The molecule has 0 bridgehead atoms. The van der Waals surface area contributed by atoms with Crippen LogP contribution in [0.2, 0.25) is 0 Å². The predicted molar refractivity (Wildman–Crippen MR) is 118 cm³/mol. The predicted octanol–water partition coefficient (Wildman–Crippen LogP) is 1.22. The van der Waals surface area contributed by atoms with E-state index in [0.29, 0.717) is 55.7 Å². The SMILES string of the molecule is CCc1cn2nc(CC3(O)CCN(c4ccc(C(=O)NC)nc4C)CC3)cc2[nH]c1=O. The Bertz CT molecular complexity index is 1170. The lowest BCUT2D eigenvalue weighted by molar-refractivity contribution is 0.0156. The minimum atomic E-state index is -0.855. The van der Waals surface area contributed by atoms with E-state index in [1.165, 1.54) is 0 Å². The number of nitrogens with zero attached hydrogens (tertiary/aromatic N) is 4. The molecular formula is C22H28N6O3. The summed E-state index contributed by atoms with van der Waals surface area (Å²) in [6, 6.07) is 5.47. The zero-order valence-electron chi connectivity index (χ0n) is 18.1. The molecule has 1 saturated heterocycles. The molecule has 9 nitrogen and oxygen atoms in total. The van der Waals surface area contributed by atoms with Crippen molar-refractivity contribution in [2.45, 2.75) is 45.1 Å². The smallest absolute Gasteiger partial charge is 0.269 e. The summed E-state index contributed by atoms with van der Waals surface area (Å²) in [4.78, 5) is 33.3. The van der Waals surface area contributed by atoms with E-state index in [-0.39, 0.29) is 11.5 Å². The summed E-state index contributed by atoms with van der Waals surface area (Å²) in [5.41, 5.74) is 3.29. The number of piperidine rings is 1. The van der Waals surface area contributed by atoms with Crippen LogP contribution in [0.4, 0.5) is 5.69 Å². The molecule has 0 saturated carbocycles. The number of carbonyl (C=O) groups excluding carboxylic acids is 1. The van der Waals surface area contributed by atoms with Gasteiger partial charge in [0, 0.05) is 44.4 Å². The number of hydrogen-bond acceptors (Lipinski definition) is 6. The summed E-state index contributed by atoms with van der Waals surface area (Å²) < 4.78 is 1.68. The molecule has 1 aliphatic rings. The van der Waals surface area contributed by atoms with Gasteiger partial charge in [-0.15, -0.1) is 0 Å². The number of pyridine rings is 1. The molecule has 0 unspecified atom stereocenters. The van der Waals surface area contributed by atoms with E-state index in [4.69, 9.17) is 0 Å². The average molecular weight is 425 g/mol. The molecule has 0 radical (unpaired) electrons. The summed E-state index contributed by atoms with van der Waals surface area (Å²) in [6.45, 7) is 5.19. The van der Waals surface area contributed by atoms with Crippen molar-refractivity contribution < 1.29 is 9.90 Å². The number of aromatic nitrogens is 4. The molecule has 0 atom stereocenters. The molecule has 3 aromatic rings. The van der Waals surface area contributed by atoms with Crippen LogP contribution >= 0.6 is 0 Å². The van der Waals surface area contributed by atoms with Crippen LogP contribution in [0.1, 0.15) is 47.2 Å². The summed E-state index contributed by atoms with van der Waals surface area (Å²) in [5, 5.41) is 18.3. The van der Waals surface area contributed by atoms with Crippen LogP contribution in [0.15, 0.2) is 29.2 Å². The second kappa shape index (κ2) is 8.14. The molecular weight excluding hydrogens is 396 g/mol. The van der Waals surface area contributed by atoms with E-state index in [1.54, 1.807) is 23.8 Å². The zero-order chi connectivity index (χ0) is 22.2. The second-order valence-electron chi connectivity index (χ2n) is 8.20. The number of aromatic amines is 1.